The molecule has 0 saturated heterocycles. The number of rotatable bonds is 7. The molecule has 2 atom stereocenters. The largest absolute Gasteiger partial charge is 0.363 e. The molecule has 2 aromatic rings. The van der Waals surface area contributed by atoms with Gasteiger partial charge in [-0.05, 0) is 57.7 Å². The van der Waals surface area contributed by atoms with E-state index in [4.69, 9.17) is 9.98 Å². The summed E-state index contributed by atoms with van der Waals surface area (Å²) in [5.74, 6) is 1.97. The number of anilines is 1. The average molecular weight is 567 g/mol. The van der Waals surface area contributed by atoms with Crippen LogP contribution in [0.15, 0.2) is 35.3 Å². The molecule has 33 heavy (non-hydrogen) atoms. The maximum Gasteiger partial charge on any atom is 0.223 e. The van der Waals surface area contributed by atoms with Crippen LogP contribution in [-0.4, -0.2) is 49.6 Å². The van der Waals surface area contributed by atoms with E-state index in [1.54, 1.807) is 0 Å². The summed E-state index contributed by atoms with van der Waals surface area (Å²) in [6.45, 7) is 7.44. The Morgan fingerprint density at radius 2 is 2.00 bits per heavy atom. The summed E-state index contributed by atoms with van der Waals surface area (Å²) in [7, 11) is 4.01. The standard InChI is InChI=1S/C25H38N6O.HI/c1-6-26-25(29-20-11-9-10-18(14-20)24(32)28-17(2)3)27-16-19-15-23(31(4)5)30-22-13-8-7-12-21(19)22;/h7-8,12-13,15,17-18,20H,6,9-11,14,16H2,1-5H3,(H,28,32)(H2,26,27,29);1H. The first-order chi connectivity index (χ1) is 15.4. The van der Waals surface area contributed by atoms with Gasteiger partial charge < -0.3 is 20.9 Å². The van der Waals surface area contributed by atoms with Crippen molar-refractivity contribution in [3.05, 3.63) is 35.9 Å². The summed E-state index contributed by atoms with van der Waals surface area (Å²) in [6.07, 6.45) is 3.90. The maximum atomic E-state index is 12.5. The number of nitrogens with one attached hydrogen (secondary N) is 3. The van der Waals surface area contributed by atoms with Crippen molar-refractivity contribution in [3.63, 3.8) is 0 Å². The molecule has 1 aromatic heterocycles. The van der Waals surface area contributed by atoms with Crippen LogP contribution in [0, 0.1) is 5.92 Å². The first kappa shape index (κ1) is 27.1. The number of guanidine groups is 1. The number of para-hydroxylation sites is 1. The number of aliphatic imine (C=N–C) groups is 1. The third-order valence-corrected chi connectivity index (χ3v) is 5.82. The van der Waals surface area contributed by atoms with Gasteiger partial charge in [0.2, 0.25) is 5.91 Å². The number of pyridine rings is 1. The van der Waals surface area contributed by atoms with E-state index < -0.39 is 0 Å². The normalized spacial score (nSPS) is 18.5. The van der Waals surface area contributed by atoms with Crippen LogP contribution in [0.25, 0.3) is 10.9 Å². The summed E-state index contributed by atoms with van der Waals surface area (Å²) < 4.78 is 0. The summed E-state index contributed by atoms with van der Waals surface area (Å²) in [5.41, 5.74) is 2.13. The number of hydrogen-bond donors (Lipinski definition) is 3. The number of halogens is 1. The highest BCUT2D eigenvalue weighted by Gasteiger charge is 2.28. The molecule has 7 nitrogen and oxygen atoms in total. The Labute approximate surface area is 215 Å². The summed E-state index contributed by atoms with van der Waals surface area (Å²) in [4.78, 5) is 24.2. The van der Waals surface area contributed by atoms with Crippen LogP contribution in [0.1, 0.15) is 52.0 Å². The van der Waals surface area contributed by atoms with E-state index in [0.29, 0.717) is 6.54 Å². The zero-order valence-electron chi connectivity index (χ0n) is 20.5. The number of benzene rings is 1. The molecule has 1 saturated carbocycles. The minimum absolute atomic E-state index is 0. The molecule has 1 heterocycles. The molecule has 1 amide bonds. The van der Waals surface area contributed by atoms with Crippen molar-refractivity contribution >= 4 is 52.6 Å². The van der Waals surface area contributed by atoms with Crippen LogP contribution in [0.5, 0.6) is 0 Å². The lowest BCUT2D eigenvalue weighted by molar-refractivity contribution is -0.126. The molecule has 1 fully saturated rings. The van der Waals surface area contributed by atoms with E-state index >= 15 is 0 Å². The second kappa shape index (κ2) is 13.0. The fourth-order valence-corrected chi connectivity index (χ4v) is 4.23. The highest BCUT2D eigenvalue weighted by Crippen LogP contribution is 2.25. The number of fused-ring (bicyclic) bond motifs is 1. The predicted octanol–water partition coefficient (Wildman–Crippen LogP) is 4.06. The van der Waals surface area contributed by atoms with Crippen molar-refractivity contribution in [2.24, 2.45) is 10.9 Å². The Balaban J connectivity index is 0.00000385. The monoisotopic (exact) mass is 566 g/mol. The second-order valence-corrected chi connectivity index (χ2v) is 9.11. The van der Waals surface area contributed by atoms with E-state index in [1.807, 2.05) is 51.0 Å². The van der Waals surface area contributed by atoms with Gasteiger partial charge in [0.25, 0.3) is 0 Å². The first-order valence-corrected chi connectivity index (χ1v) is 11.8. The minimum Gasteiger partial charge on any atom is -0.363 e. The molecule has 182 valence electrons. The lowest BCUT2D eigenvalue weighted by atomic mass is 9.85. The number of hydrogen-bond acceptors (Lipinski definition) is 4. The molecule has 2 unspecified atom stereocenters. The van der Waals surface area contributed by atoms with E-state index in [9.17, 15) is 4.79 Å². The van der Waals surface area contributed by atoms with E-state index in [1.165, 1.54) is 0 Å². The molecule has 3 N–H and O–H groups in total. The van der Waals surface area contributed by atoms with Gasteiger partial charge in [0, 0.05) is 44.0 Å². The van der Waals surface area contributed by atoms with Gasteiger partial charge in [0.1, 0.15) is 5.82 Å². The van der Waals surface area contributed by atoms with Crippen LogP contribution in [0.3, 0.4) is 0 Å². The topological polar surface area (TPSA) is 81.7 Å². The lowest BCUT2D eigenvalue weighted by Crippen LogP contribution is -2.47. The van der Waals surface area contributed by atoms with Crippen molar-refractivity contribution in [2.45, 2.75) is 65.1 Å². The maximum absolute atomic E-state index is 12.5. The van der Waals surface area contributed by atoms with Gasteiger partial charge >= 0.3 is 0 Å². The van der Waals surface area contributed by atoms with Crippen molar-refractivity contribution in [2.75, 3.05) is 25.5 Å². The number of aromatic nitrogens is 1. The molecule has 1 aliphatic rings. The third kappa shape index (κ3) is 7.72. The quantitative estimate of drug-likeness (QED) is 0.268. The Morgan fingerprint density at radius 3 is 2.70 bits per heavy atom. The summed E-state index contributed by atoms with van der Waals surface area (Å²) in [6, 6.07) is 10.7. The first-order valence-electron chi connectivity index (χ1n) is 11.8. The predicted molar refractivity (Wildman–Crippen MR) is 148 cm³/mol. The molecule has 0 spiro atoms. The van der Waals surface area contributed by atoms with Gasteiger partial charge in [-0.2, -0.15) is 0 Å². The smallest absolute Gasteiger partial charge is 0.223 e. The molecule has 1 aromatic carbocycles. The van der Waals surface area contributed by atoms with Crippen LogP contribution in [0.4, 0.5) is 5.82 Å². The highest BCUT2D eigenvalue weighted by molar-refractivity contribution is 14.0. The SMILES string of the molecule is CCNC(=NCc1cc(N(C)C)nc2ccccc12)NC1CCCC(C(=O)NC(C)C)C1.I. The summed E-state index contributed by atoms with van der Waals surface area (Å²) >= 11 is 0. The second-order valence-electron chi connectivity index (χ2n) is 9.11. The number of carbonyl (C=O) groups is 1. The van der Waals surface area contributed by atoms with Crippen molar-refractivity contribution in [1.82, 2.24) is 20.9 Å². The molecule has 8 heteroatoms. The fourth-order valence-electron chi connectivity index (χ4n) is 4.23. The van der Waals surface area contributed by atoms with Gasteiger partial charge in [-0.25, -0.2) is 9.98 Å². The third-order valence-electron chi connectivity index (χ3n) is 5.82. The highest BCUT2D eigenvalue weighted by atomic mass is 127. The minimum atomic E-state index is 0. The molecular formula is C25H39IN6O. The van der Waals surface area contributed by atoms with E-state index in [2.05, 4.69) is 35.0 Å². The van der Waals surface area contributed by atoms with Crippen molar-refractivity contribution in [3.8, 4) is 0 Å². The zero-order chi connectivity index (χ0) is 23.1. The van der Waals surface area contributed by atoms with Gasteiger partial charge in [-0.1, -0.05) is 24.6 Å². The van der Waals surface area contributed by atoms with Gasteiger partial charge in [-0.15, -0.1) is 24.0 Å². The average Bonchev–Trinajstić information content (AvgIpc) is 2.77. The molecule has 0 bridgehead atoms. The summed E-state index contributed by atoms with van der Waals surface area (Å²) in [5, 5.41) is 11.2. The van der Waals surface area contributed by atoms with Crippen LogP contribution in [-0.2, 0) is 11.3 Å². The number of nitrogens with zero attached hydrogens (tertiary/aromatic N) is 3. The Hall–Kier alpha value is -2.10. The Bertz CT molecular complexity index is 946. The van der Waals surface area contributed by atoms with E-state index in [0.717, 1.165) is 60.5 Å². The van der Waals surface area contributed by atoms with Crippen LogP contribution in [0.2, 0.25) is 0 Å². The molecule has 1 aliphatic carbocycles. The Morgan fingerprint density at radius 1 is 1.24 bits per heavy atom. The molecular weight excluding hydrogens is 527 g/mol. The van der Waals surface area contributed by atoms with Crippen LogP contribution < -0.4 is 20.9 Å². The lowest BCUT2D eigenvalue weighted by Gasteiger charge is -2.30. The Kier molecular flexibility index (Phi) is 10.7. The fraction of sp³-hybridized carbons (Fsp3) is 0.560. The molecule has 3 rings (SSSR count). The number of amides is 1. The van der Waals surface area contributed by atoms with Gasteiger partial charge in [-0.3, -0.25) is 4.79 Å². The van der Waals surface area contributed by atoms with Gasteiger partial charge in [0.15, 0.2) is 5.96 Å². The molecule has 0 aliphatic heterocycles. The van der Waals surface area contributed by atoms with E-state index in [-0.39, 0.29) is 47.9 Å². The zero-order valence-corrected chi connectivity index (χ0v) is 22.8. The number of carbonyl (C=O) groups excluding carboxylic acids is 1. The van der Waals surface area contributed by atoms with Gasteiger partial charge in [0.05, 0.1) is 12.1 Å². The molecule has 0 radical (unpaired) electrons. The van der Waals surface area contributed by atoms with Crippen molar-refractivity contribution in [1.29, 1.82) is 0 Å². The van der Waals surface area contributed by atoms with Crippen LogP contribution >= 0.6 is 24.0 Å². The van der Waals surface area contributed by atoms with Crippen molar-refractivity contribution < 1.29 is 4.79 Å².